The zero-order valence-corrected chi connectivity index (χ0v) is 12.4. The van der Waals surface area contributed by atoms with Gasteiger partial charge < -0.3 is 4.74 Å². The molecule has 0 atom stereocenters. The second kappa shape index (κ2) is 5.71. The molecule has 0 saturated carbocycles. The highest BCUT2D eigenvalue weighted by Crippen LogP contribution is 2.28. The molecule has 0 amide bonds. The lowest BCUT2D eigenvalue weighted by Gasteiger charge is -2.10. The molecule has 0 aliphatic rings. The van der Waals surface area contributed by atoms with Crippen LogP contribution in [0.5, 0.6) is 11.6 Å². The number of nitrogens with zero attached hydrogens (tertiary/aromatic N) is 1. The van der Waals surface area contributed by atoms with E-state index in [0.29, 0.717) is 5.75 Å². The Bertz CT molecular complexity index is 628. The van der Waals surface area contributed by atoms with Gasteiger partial charge in [0.2, 0.25) is 5.43 Å². The summed E-state index contributed by atoms with van der Waals surface area (Å²) in [4.78, 5) is 11.7. The lowest BCUT2D eigenvalue weighted by atomic mass is 10.1. The molecule has 0 unspecified atom stereocenters. The standard InChI is InChI=1S/C12H10ClIN2O2/c1-2-7-4-3-5-8(14)11(7)18-12-9(17)6-10(13)15-16-12/h3-6H,2H2,1H3,(H,15,17). The Morgan fingerprint density at radius 3 is 2.94 bits per heavy atom. The zero-order valence-electron chi connectivity index (χ0n) is 9.54. The predicted molar refractivity (Wildman–Crippen MR) is 78.5 cm³/mol. The number of aryl methyl sites for hydroxylation is 1. The topological polar surface area (TPSA) is 55.0 Å². The van der Waals surface area contributed by atoms with Crippen LogP contribution in [-0.4, -0.2) is 10.2 Å². The van der Waals surface area contributed by atoms with Gasteiger partial charge in [-0.1, -0.05) is 30.7 Å². The Labute approximate surface area is 122 Å². The van der Waals surface area contributed by atoms with Crippen LogP contribution in [0.2, 0.25) is 5.15 Å². The Hall–Kier alpha value is -1.08. The van der Waals surface area contributed by atoms with E-state index in [-0.39, 0.29) is 16.5 Å². The van der Waals surface area contributed by atoms with Gasteiger partial charge in [0.15, 0.2) is 0 Å². The van der Waals surface area contributed by atoms with Gasteiger partial charge in [0.05, 0.1) is 3.57 Å². The van der Waals surface area contributed by atoms with Gasteiger partial charge in [-0.2, -0.15) is 0 Å². The van der Waals surface area contributed by atoms with Crippen LogP contribution in [0.3, 0.4) is 0 Å². The molecule has 1 aromatic heterocycles. The van der Waals surface area contributed by atoms with Gasteiger partial charge in [-0.05, 0) is 40.6 Å². The first-order valence-corrected chi connectivity index (χ1v) is 6.78. The van der Waals surface area contributed by atoms with E-state index in [1.807, 2.05) is 25.1 Å². The third kappa shape index (κ3) is 2.84. The Morgan fingerprint density at radius 1 is 1.50 bits per heavy atom. The summed E-state index contributed by atoms with van der Waals surface area (Å²) >= 11 is 7.80. The summed E-state index contributed by atoms with van der Waals surface area (Å²) in [5, 5.41) is 6.49. The molecule has 6 heteroatoms. The number of aromatic nitrogens is 2. The third-order valence-electron chi connectivity index (χ3n) is 2.36. The highest BCUT2D eigenvalue weighted by Gasteiger charge is 2.11. The zero-order chi connectivity index (χ0) is 13.1. The maximum Gasteiger partial charge on any atom is 0.285 e. The maximum absolute atomic E-state index is 11.7. The normalized spacial score (nSPS) is 10.4. The molecule has 0 fully saturated rings. The number of nitrogens with one attached hydrogen (secondary N) is 1. The first kappa shape index (κ1) is 13.4. The van der Waals surface area contributed by atoms with Crippen LogP contribution in [-0.2, 0) is 6.42 Å². The van der Waals surface area contributed by atoms with Crippen LogP contribution < -0.4 is 10.2 Å². The Kier molecular flexibility index (Phi) is 4.23. The molecule has 2 aromatic rings. The minimum Gasteiger partial charge on any atom is -0.433 e. The first-order valence-electron chi connectivity index (χ1n) is 5.32. The molecule has 18 heavy (non-hydrogen) atoms. The van der Waals surface area contributed by atoms with Crippen molar-refractivity contribution in [2.24, 2.45) is 0 Å². The van der Waals surface area contributed by atoms with Crippen molar-refractivity contribution in [1.82, 2.24) is 10.2 Å². The van der Waals surface area contributed by atoms with E-state index in [0.717, 1.165) is 15.6 Å². The number of para-hydroxylation sites is 1. The second-order valence-corrected chi connectivity index (χ2v) is 5.14. The van der Waals surface area contributed by atoms with Crippen molar-refractivity contribution in [3.05, 3.63) is 48.8 Å². The number of H-pyrrole nitrogens is 1. The molecule has 0 bridgehead atoms. The monoisotopic (exact) mass is 376 g/mol. The van der Waals surface area contributed by atoms with Crippen molar-refractivity contribution in [2.75, 3.05) is 0 Å². The van der Waals surface area contributed by atoms with Crippen LogP contribution in [0.4, 0.5) is 0 Å². The van der Waals surface area contributed by atoms with Crippen LogP contribution in [0.15, 0.2) is 29.1 Å². The molecule has 1 heterocycles. The van der Waals surface area contributed by atoms with E-state index in [1.165, 1.54) is 6.07 Å². The fourth-order valence-corrected chi connectivity index (χ4v) is 2.29. The van der Waals surface area contributed by atoms with Crippen LogP contribution >= 0.6 is 34.2 Å². The van der Waals surface area contributed by atoms with Crippen LogP contribution in [0, 0.1) is 3.57 Å². The van der Waals surface area contributed by atoms with Gasteiger partial charge >= 0.3 is 0 Å². The van der Waals surface area contributed by atoms with Crippen LogP contribution in [0.25, 0.3) is 0 Å². The lowest BCUT2D eigenvalue weighted by molar-refractivity contribution is 0.442. The van der Waals surface area contributed by atoms with Crippen molar-refractivity contribution < 1.29 is 4.74 Å². The third-order valence-corrected chi connectivity index (χ3v) is 3.40. The average molecular weight is 377 g/mol. The van der Waals surface area contributed by atoms with E-state index in [4.69, 9.17) is 16.3 Å². The Balaban J connectivity index is 2.43. The molecule has 0 aliphatic carbocycles. The molecular weight excluding hydrogens is 367 g/mol. The number of rotatable bonds is 3. The Morgan fingerprint density at radius 2 is 2.28 bits per heavy atom. The van der Waals surface area contributed by atoms with Crippen molar-refractivity contribution in [3.8, 4) is 11.6 Å². The van der Waals surface area contributed by atoms with Crippen molar-refractivity contribution in [1.29, 1.82) is 0 Å². The van der Waals surface area contributed by atoms with Crippen molar-refractivity contribution in [3.63, 3.8) is 0 Å². The molecule has 0 aliphatic heterocycles. The maximum atomic E-state index is 11.7. The summed E-state index contributed by atoms with van der Waals surface area (Å²) in [5.41, 5.74) is 0.679. The molecule has 0 saturated heterocycles. The second-order valence-electron chi connectivity index (χ2n) is 3.57. The van der Waals surface area contributed by atoms with Gasteiger partial charge in [0.25, 0.3) is 5.88 Å². The highest BCUT2D eigenvalue weighted by atomic mass is 127. The molecule has 1 N–H and O–H groups in total. The van der Waals surface area contributed by atoms with Crippen molar-refractivity contribution in [2.45, 2.75) is 13.3 Å². The summed E-state index contributed by atoms with van der Waals surface area (Å²) < 4.78 is 6.53. The van der Waals surface area contributed by atoms with Crippen molar-refractivity contribution >= 4 is 34.2 Å². The highest BCUT2D eigenvalue weighted by molar-refractivity contribution is 14.1. The number of halogens is 2. The lowest BCUT2D eigenvalue weighted by Crippen LogP contribution is -2.08. The van der Waals surface area contributed by atoms with E-state index < -0.39 is 0 Å². The summed E-state index contributed by atoms with van der Waals surface area (Å²) in [7, 11) is 0. The van der Waals surface area contributed by atoms with E-state index >= 15 is 0 Å². The first-order chi connectivity index (χ1) is 8.61. The minimum atomic E-state index is -0.347. The predicted octanol–water partition coefficient (Wildman–Crippen LogP) is 3.38. The minimum absolute atomic E-state index is 0.00165. The van der Waals surface area contributed by atoms with E-state index in [2.05, 4.69) is 32.8 Å². The average Bonchev–Trinajstić information content (AvgIpc) is 2.34. The van der Waals surface area contributed by atoms with Gasteiger partial charge in [-0.25, -0.2) is 0 Å². The fraction of sp³-hybridized carbons (Fsp3) is 0.167. The summed E-state index contributed by atoms with van der Waals surface area (Å²) in [5.74, 6) is 0.666. The summed E-state index contributed by atoms with van der Waals surface area (Å²) in [6.45, 7) is 2.03. The number of aromatic amines is 1. The molecule has 94 valence electrons. The fourth-order valence-electron chi connectivity index (χ4n) is 1.48. The van der Waals surface area contributed by atoms with Gasteiger partial charge in [0, 0.05) is 6.07 Å². The van der Waals surface area contributed by atoms with Crippen LogP contribution in [0.1, 0.15) is 12.5 Å². The summed E-state index contributed by atoms with van der Waals surface area (Å²) in [6, 6.07) is 7.07. The molecule has 1 aromatic carbocycles. The van der Waals surface area contributed by atoms with Gasteiger partial charge in [-0.3, -0.25) is 9.89 Å². The number of hydrogen-bond acceptors (Lipinski definition) is 3. The molecule has 0 spiro atoms. The molecule has 4 nitrogen and oxygen atoms in total. The molecule has 2 rings (SSSR count). The molecular formula is C12H10ClIN2O2. The van der Waals surface area contributed by atoms with E-state index in [9.17, 15) is 4.79 Å². The van der Waals surface area contributed by atoms with Gasteiger partial charge in [-0.15, -0.1) is 5.10 Å². The number of benzene rings is 1. The molecule has 0 radical (unpaired) electrons. The largest absolute Gasteiger partial charge is 0.433 e. The number of ether oxygens (including phenoxy) is 1. The van der Waals surface area contributed by atoms with Gasteiger partial charge in [0.1, 0.15) is 10.9 Å². The van der Waals surface area contributed by atoms with E-state index in [1.54, 1.807) is 0 Å². The quantitative estimate of drug-likeness (QED) is 0.836. The summed E-state index contributed by atoms with van der Waals surface area (Å²) in [6.07, 6.45) is 0.817. The smallest absolute Gasteiger partial charge is 0.285 e. The SMILES string of the molecule is CCc1cccc(I)c1Oc1n[nH]c(Cl)cc1=O. The number of hydrogen-bond donors (Lipinski definition) is 1.